The van der Waals surface area contributed by atoms with Crippen molar-refractivity contribution in [3.63, 3.8) is 0 Å². The van der Waals surface area contributed by atoms with E-state index in [0.29, 0.717) is 24.3 Å². The molecule has 17 heavy (non-hydrogen) atoms. The molecule has 2 heterocycles. The van der Waals surface area contributed by atoms with Gasteiger partial charge in [0.05, 0.1) is 26.1 Å². The van der Waals surface area contributed by atoms with Gasteiger partial charge in [-0.25, -0.2) is 0 Å². The molecule has 1 aromatic heterocycles. The van der Waals surface area contributed by atoms with Crippen LogP contribution in [0.4, 0.5) is 0 Å². The molecule has 1 fully saturated rings. The van der Waals surface area contributed by atoms with E-state index in [4.69, 9.17) is 9.47 Å². The molecule has 96 valence electrons. The first kappa shape index (κ1) is 14.0. The van der Waals surface area contributed by atoms with Gasteiger partial charge in [0.15, 0.2) is 5.75 Å². The molecule has 0 aromatic carbocycles. The zero-order chi connectivity index (χ0) is 11.2. The summed E-state index contributed by atoms with van der Waals surface area (Å²) in [6.07, 6.45) is 5.56. The number of piperidine rings is 1. The number of rotatable bonds is 4. The van der Waals surface area contributed by atoms with E-state index in [2.05, 4.69) is 15.3 Å². The molecule has 1 aliphatic heterocycles. The standard InChI is InChI=1S/C11H17N3O2.ClH/c1-15-10-6-13-11(14-7-10)16-8-9-2-4-12-5-3-9;/h6-7,9,12H,2-5,8H2,1H3;1H. The first-order valence-corrected chi connectivity index (χ1v) is 5.58. The van der Waals surface area contributed by atoms with Crippen LogP contribution in [0.15, 0.2) is 12.4 Å². The minimum atomic E-state index is 0. The minimum absolute atomic E-state index is 0. The Morgan fingerprint density at radius 1 is 1.29 bits per heavy atom. The third-order valence-corrected chi connectivity index (χ3v) is 2.75. The summed E-state index contributed by atoms with van der Waals surface area (Å²) >= 11 is 0. The summed E-state index contributed by atoms with van der Waals surface area (Å²) in [5.41, 5.74) is 0. The zero-order valence-electron chi connectivity index (χ0n) is 9.89. The second-order valence-electron chi connectivity index (χ2n) is 3.91. The van der Waals surface area contributed by atoms with Gasteiger partial charge < -0.3 is 14.8 Å². The number of hydrogen-bond donors (Lipinski definition) is 1. The van der Waals surface area contributed by atoms with Crippen molar-refractivity contribution in [3.05, 3.63) is 12.4 Å². The van der Waals surface area contributed by atoms with Crippen LogP contribution in [0.2, 0.25) is 0 Å². The van der Waals surface area contributed by atoms with Crippen molar-refractivity contribution in [1.29, 1.82) is 0 Å². The minimum Gasteiger partial charge on any atom is -0.494 e. The van der Waals surface area contributed by atoms with E-state index < -0.39 is 0 Å². The normalized spacial score (nSPS) is 16.1. The molecule has 0 spiro atoms. The third-order valence-electron chi connectivity index (χ3n) is 2.75. The number of methoxy groups -OCH3 is 1. The average Bonchev–Trinajstić information content (AvgIpc) is 2.38. The highest BCUT2D eigenvalue weighted by atomic mass is 35.5. The predicted molar refractivity (Wildman–Crippen MR) is 66.9 cm³/mol. The van der Waals surface area contributed by atoms with Crippen LogP contribution in [0, 0.1) is 5.92 Å². The Morgan fingerprint density at radius 3 is 2.53 bits per heavy atom. The lowest BCUT2D eigenvalue weighted by atomic mass is 9.99. The number of aromatic nitrogens is 2. The summed E-state index contributed by atoms with van der Waals surface area (Å²) in [4.78, 5) is 8.12. The van der Waals surface area contributed by atoms with Gasteiger partial charge >= 0.3 is 6.01 Å². The van der Waals surface area contributed by atoms with Crippen LogP contribution in [-0.4, -0.2) is 36.8 Å². The number of nitrogens with zero attached hydrogens (tertiary/aromatic N) is 2. The fourth-order valence-corrected chi connectivity index (χ4v) is 1.73. The van der Waals surface area contributed by atoms with Crippen molar-refractivity contribution in [2.24, 2.45) is 5.92 Å². The summed E-state index contributed by atoms with van der Waals surface area (Å²) in [7, 11) is 1.59. The number of hydrogen-bond acceptors (Lipinski definition) is 5. The van der Waals surface area contributed by atoms with E-state index in [1.807, 2.05) is 0 Å². The first-order valence-electron chi connectivity index (χ1n) is 5.58. The Morgan fingerprint density at radius 2 is 1.94 bits per heavy atom. The smallest absolute Gasteiger partial charge is 0.316 e. The maximum absolute atomic E-state index is 5.54. The topological polar surface area (TPSA) is 56.3 Å². The fraction of sp³-hybridized carbons (Fsp3) is 0.636. The van der Waals surface area contributed by atoms with Crippen molar-refractivity contribution in [3.8, 4) is 11.8 Å². The Balaban J connectivity index is 0.00000144. The van der Waals surface area contributed by atoms with Gasteiger partial charge in [-0.1, -0.05) is 0 Å². The number of ether oxygens (including phenoxy) is 2. The van der Waals surface area contributed by atoms with E-state index in [1.54, 1.807) is 19.5 Å². The van der Waals surface area contributed by atoms with Crippen molar-refractivity contribution in [2.45, 2.75) is 12.8 Å². The second kappa shape index (κ2) is 7.29. The maximum atomic E-state index is 5.54. The summed E-state index contributed by atoms with van der Waals surface area (Å²) in [5, 5.41) is 3.32. The molecular weight excluding hydrogens is 242 g/mol. The molecule has 5 nitrogen and oxygen atoms in total. The SMILES string of the molecule is COc1cnc(OCC2CCNCC2)nc1.Cl. The van der Waals surface area contributed by atoms with Crippen LogP contribution in [0.25, 0.3) is 0 Å². The molecule has 2 rings (SSSR count). The lowest BCUT2D eigenvalue weighted by molar-refractivity contribution is 0.201. The quantitative estimate of drug-likeness (QED) is 0.883. The molecule has 0 bridgehead atoms. The Kier molecular flexibility index (Phi) is 6.00. The lowest BCUT2D eigenvalue weighted by Crippen LogP contribution is -2.30. The van der Waals surface area contributed by atoms with Crippen molar-refractivity contribution in [2.75, 3.05) is 26.8 Å². The molecule has 0 unspecified atom stereocenters. The van der Waals surface area contributed by atoms with Gasteiger partial charge in [0.2, 0.25) is 0 Å². The van der Waals surface area contributed by atoms with Gasteiger partial charge in [0.1, 0.15) is 0 Å². The highest BCUT2D eigenvalue weighted by molar-refractivity contribution is 5.85. The van der Waals surface area contributed by atoms with E-state index in [-0.39, 0.29) is 12.4 Å². The summed E-state index contributed by atoms with van der Waals surface area (Å²) in [5.74, 6) is 1.26. The molecule has 1 saturated heterocycles. The molecule has 1 N–H and O–H groups in total. The monoisotopic (exact) mass is 259 g/mol. The fourth-order valence-electron chi connectivity index (χ4n) is 1.73. The Labute approximate surface area is 107 Å². The third kappa shape index (κ3) is 4.36. The van der Waals surface area contributed by atoms with Crippen LogP contribution in [0.1, 0.15) is 12.8 Å². The lowest BCUT2D eigenvalue weighted by Gasteiger charge is -2.21. The van der Waals surface area contributed by atoms with Crippen molar-refractivity contribution < 1.29 is 9.47 Å². The zero-order valence-corrected chi connectivity index (χ0v) is 10.7. The Bertz CT molecular complexity index is 315. The molecule has 0 aliphatic carbocycles. The summed E-state index contributed by atoms with van der Waals surface area (Å²) in [6, 6.07) is 0.430. The summed E-state index contributed by atoms with van der Waals surface area (Å²) in [6.45, 7) is 2.86. The van der Waals surface area contributed by atoms with Crippen LogP contribution >= 0.6 is 12.4 Å². The van der Waals surface area contributed by atoms with Crippen LogP contribution < -0.4 is 14.8 Å². The van der Waals surface area contributed by atoms with Gasteiger partial charge in [0, 0.05) is 0 Å². The molecular formula is C11H18ClN3O2. The molecule has 0 atom stereocenters. The average molecular weight is 260 g/mol. The van der Waals surface area contributed by atoms with E-state index >= 15 is 0 Å². The number of halogens is 1. The van der Waals surface area contributed by atoms with E-state index in [1.165, 1.54) is 0 Å². The molecule has 0 amide bonds. The van der Waals surface area contributed by atoms with Gasteiger partial charge in [-0.15, -0.1) is 12.4 Å². The van der Waals surface area contributed by atoms with Crippen molar-refractivity contribution in [1.82, 2.24) is 15.3 Å². The number of nitrogens with one attached hydrogen (secondary N) is 1. The second-order valence-corrected chi connectivity index (χ2v) is 3.91. The highest BCUT2D eigenvalue weighted by Crippen LogP contribution is 2.14. The van der Waals surface area contributed by atoms with Gasteiger partial charge in [0.25, 0.3) is 0 Å². The largest absolute Gasteiger partial charge is 0.494 e. The predicted octanol–water partition coefficient (Wildman–Crippen LogP) is 1.29. The highest BCUT2D eigenvalue weighted by Gasteiger charge is 2.13. The first-order chi connectivity index (χ1) is 7.88. The van der Waals surface area contributed by atoms with Crippen molar-refractivity contribution >= 4 is 12.4 Å². The summed E-state index contributed by atoms with van der Waals surface area (Å²) < 4.78 is 10.5. The van der Waals surface area contributed by atoms with Crippen LogP contribution in [-0.2, 0) is 0 Å². The van der Waals surface area contributed by atoms with Crippen LogP contribution in [0.3, 0.4) is 0 Å². The van der Waals surface area contributed by atoms with E-state index in [9.17, 15) is 0 Å². The molecule has 6 heteroatoms. The van der Waals surface area contributed by atoms with Crippen LogP contribution in [0.5, 0.6) is 11.8 Å². The molecule has 0 radical (unpaired) electrons. The maximum Gasteiger partial charge on any atom is 0.316 e. The van der Waals surface area contributed by atoms with Gasteiger partial charge in [-0.05, 0) is 31.8 Å². The molecule has 0 saturated carbocycles. The van der Waals surface area contributed by atoms with E-state index in [0.717, 1.165) is 25.9 Å². The Hall–Kier alpha value is -1.07. The van der Waals surface area contributed by atoms with Gasteiger partial charge in [-0.3, -0.25) is 0 Å². The molecule has 1 aromatic rings. The molecule has 1 aliphatic rings. The van der Waals surface area contributed by atoms with Gasteiger partial charge in [-0.2, -0.15) is 9.97 Å².